The molecule has 1 heterocycles. The lowest BCUT2D eigenvalue weighted by Gasteiger charge is -2.19. The van der Waals surface area contributed by atoms with E-state index in [1.165, 1.54) is 38.3 Å². The first kappa shape index (κ1) is 20.9. The van der Waals surface area contributed by atoms with Crippen molar-refractivity contribution in [3.63, 3.8) is 0 Å². The molecule has 0 unspecified atom stereocenters. The number of halogens is 1. The van der Waals surface area contributed by atoms with Crippen molar-refractivity contribution in [2.75, 3.05) is 24.4 Å². The molecule has 0 bridgehead atoms. The largest absolute Gasteiger partial charge is 0.495 e. The highest BCUT2D eigenvalue weighted by Crippen LogP contribution is 2.32. The fourth-order valence-electron chi connectivity index (χ4n) is 2.82. The third-order valence-corrected chi connectivity index (χ3v) is 6.72. The van der Waals surface area contributed by atoms with Gasteiger partial charge in [0.15, 0.2) is 16.4 Å². The first-order valence-corrected chi connectivity index (χ1v) is 10.6. The van der Waals surface area contributed by atoms with E-state index in [2.05, 4.69) is 10.6 Å². The number of hydrogen-bond acceptors (Lipinski definition) is 6. The van der Waals surface area contributed by atoms with Crippen LogP contribution in [0.1, 0.15) is 13.3 Å². The predicted molar refractivity (Wildman–Crippen MR) is 108 cm³/mol. The van der Waals surface area contributed by atoms with Gasteiger partial charge in [-0.05, 0) is 43.3 Å². The van der Waals surface area contributed by atoms with Crippen molar-refractivity contribution in [3.05, 3.63) is 41.4 Å². The molecule has 0 saturated heterocycles. The molecule has 1 atom stereocenters. The highest BCUT2D eigenvalue weighted by atomic mass is 35.5. The molecule has 8 nitrogen and oxygen atoms in total. The molecule has 1 aliphatic heterocycles. The Morgan fingerprint density at radius 2 is 2.07 bits per heavy atom. The van der Waals surface area contributed by atoms with E-state index in [9.17, 15) is 18.0 Å². The third kappa shape index (κ3) is 4.63. The van der Waals surface area contributed by atoms with E-state index in [-0.39, 0.29) is 29.5 Å². The Morgan fingerprint density at radius 1 is 1.31 bits per heavy atom. The number of benzene rings is 2. The van der Waals surface area contributed by atoms with Gasteiger partial charge >= 0.3 is 0 Å². The minimum absolute atomic E-state index is 0.0114. The van der Waals surface area contributed by atoms with Crippen LogP contribution < -0.4 is 20.1 Å². The van der Waals surface area contributed by atoms with Crippen LogP contribution in [-0.2, 0) is 19.4 Å². The molecule has 0 aromatic heterocycles. The van der Waals surface area contributed by atoms with E-state index in [1.54, 1.807) is 12.1 Å². The maximum absolute atomic E-state index is 12.9. The van der Waals surface area contributed by atoms with Crippen LogP contribution in [0.3, 0.4) is 0 Å². The molecule has 29 heavy (non-hydrogen) atoms. The lowest BCUT2D eigenvalue weighted by atomic mass is 10.2. The molecular formula is C19H19ClN2O6S. The first-order valence-electron chi connectivity index (χ1n) is 8.64. The Balaban J connectivity index is 1.75. The number of fused-ring (bicyclic) bond motifs is 1. The third-order valence-electron chi connectivity index (χ3n) is 4.35. The molecule has 0 fully saturated rings. The van der Waals surface area contributed by atoms with Crippen LogP contribution in [0.15, 0.2) is 41.3 Å². The van der Waals surface area contributed by atoms with Crippen LogP contribution in [0, 0.1) is 0 Å². The summed E-state index contributed by atoms with van der Waals surface area (Å²) in [6, 6.07) is 8.92. The Morgan fingerprint density at radius 3 is 2.79 bits per heavy atom. The first-order chi connectivity index (χ1) is 13.7. The van der Waals surface area contributed by atoms with Gasteiger partial charge in [0, 0.05) is 11.4 Å². The second-order valence-electron chi connectivity index (χ2n) is 6.45. The Hall–Kier alpha value is -2.78. The van der Waals surface area contributed by atoms with Crippen molar-refractivity contribution >= 4 is 44.6 Å². The summed E-state index contributed by atoms with van der Waals surface area (Å²) >= 11 is 5.94. The van der Waals surface area contributed by atoms with E-state index >= 15 is 0 Å². The number of rotatable bonds is 6. The second-order valence-corrected chi connectivity index (χ2v) is 9.25. The van der Waals surface area contributed by atoms with Crippen molar-refractivity contribution < 1.29 is 27.5 Å². The maximum Gasteiger partial charge on any atom is 0.262 e. The van der Waals surface area contributed by atoms with Gasteiger partial charge in [0.05, 0.1) is 28.6 Å². The van der Waals surface area contributed by atoms with Crippen molar-refractivity contribution in [2.24, 2.45) is 0 Å². The van der Waals surface area contributed by atoms with Crippen LogP contribution in [0.2, 0.25) is 5.02 Å². The van der Waals surface area contributed by atoms with E-state index in [4.69, 9.17) is 21.1 Å². The van der Waals surface area contributed by atoms with Crippen molar-refractivity contribution in [1.82, 2.24) is 0 Å². The maximum atomic E-state index is 12.9. The molecule has 2 aromatic carbocycles. The Bertz CT molecular complexity index is 1070. The number of methoxy groups -OCH3 is 1. The molecule has 0 aliphatic carbocycles. The topological polar surface area (TPSA) is 111 Å². The summed E-state index contributed by atoms with van der Waals surface area (Å²) in [6.07, 6.45) is -0.280. The number of hydrogen-bond donors (Lipinski definition) is 2. The Labute approximate surface area is 173 Å². The van der Waals surface area contributed by atoms with Gasteiger partial charge in [-0.1, -0.05) is 11.6 Å². The number of carbonyl (C=O) groups excluding carboxylic acids is 2. The lowest BCUT2D eigenvalue weighted by Crippen LogP contribution is -2.27. The standard InChI is InChI=1S/C19H19ClN2O6S/c1-11(7-18(23)21-14-8-12(20)3-5-16(14)27-2)29(25,26)13-4-6-17-15(9-13)22-19(24)10-28-17/h3-6,8-9,11H,7,10H2,1-2H3,(H,21,23)(H,22,24)/t11-/m0/s1. The van der Waals surface area contributed by atoms with Crippen molar-refractivity contribution in [3.8, 4) is 11.5 Å². The number of nitrogens with one attached hydrogen (secondary N) is 2. The highest BCUT2D eigenvalue weighted by molar-refractivity contribution is 7.92. The number of sulfone groups is 1. The molecule has 154 valence electrons. The molecule has 2 N–H and O–H groups in total. The summed E-state index contributed by atoms with van der Waals surface area (Å²) in [5.74, 6) is -0.0723. The van der Waals surface area contributed by atoms with E-state index in [0.29, 0.717) is 22.2 Å². The average Bonchev–Trinajstić information content (AvgIpc) is 2.67. The normalized spacial score (nSPS) is 14.2. The minimum atomic E-state index is -3.83. The van der Waals surface area contributed by atoms with Crippen LogP contribution in [0.25, 0.3) is 0 Å². The minimum Gasteiger partial charge on any atom is -0.495 e. The van der Waals surface area contributed by atoms with Crippen LogP contribution in [0.4, 0.5) is 11.4 Å². The summed E-state index contributed by atoms with van der Waals surface area (Å²) in [5, 5.41) is 4.59. The molecule has 10 heteroatoms. The zero-order valence-electron chi connectivity index (χ0n) is 15.7. The number of carbonyl (C=O) groups is 2. The van der Waals surface area contributed by atoms with Gasteiger partial charge < -0.3 is 20.1 Å². The molecule has 0 spiro atoms. The molecule has 3 rings (SSSR count). The number of ether oxygens (including phenoxy) is 2. The highest BCUT2D eigenvalue weighted by Gasteiger charge is 2.28. The fraction of sp³-hybridized carbons (Fsp3) is 0.263. The van der Waals surface area contributed by atoms with Gasteiger partial charge in [0.1, 0.15) is 11.5 Å². The summed E-state index contributed by atoms with van der Waals surface area (Å²) in [5.41, 5.74) is 0.630. The van der Waals surface area contributed by atoms with Gasteiger partial charge in [0.25, 0.3) is 5.91 Å². The fourth-order valence-corrected chi connectivity index (χ4v) is 4.37. The summed E-state index contributed by atoms with van der Waals surface area (Å²) in [6.45, 7) is 1.32. The zero-order valence-corrected chi connectivity index (χ0v) is 17.3. The van der Waals surface area contributed by atoms with Crippen LogP contribution in [-0.4, -0.2) is 39.2 Å². The molecule has 0 radical (unpaired) electrons. The van der Waals surface area contributed by atoms with Gasteiger partial charge in [-0.15, -0.1) is 0 Å². The van der Waals surface area contributed by atoms with Gasteiger partial charge in [-0.25, -0.2) is 8.42 Å². The van der Waals surface area contributed by atoms with Crippen LogP contribution in [0.5, 0.6) is 11.5 Å². The van der Waals surface area contributed by atoms with Crippen molar-refractivity contribution in [1.29, 1.82) is 0 Å². The molecule has 0 saturated carbocycles. The monoisotopic (exact) mass is 438 g/mol. The lowest BCUT2D eigenvalue weighted by molar-refractivity contribution is -0.118. The van der Waals surface area contributed by atoms with Crippen LogP contribution >= 0.6 is 11.6 Å². The smallest absolute Gasteiger partial charge is 0.262 e. The average molecular weight is 439 g/mol. The molecular weight excluding hydrogens is 420 g/mol. The summed E-state index contributed by atoms with van der Waals surface area (Å²) < 4.78 is 36.2. The van der Waals surface area contributed by atoms with E-state index < -0.39 is 21.0 Å². The SMILES string of the molecule is COc1ccc(Cl)cc1NC(=O)C[C@H](C)S(=O)(=O)c1ccc2c(c1)NC(=O)CO2. The van der Waals surface area contributed by atoms with Gasteiger partial charge in [0.2, 0.25) is 5.91 Å². The quantitative estimate of drug-likeness (QED) is 0.717. The van der Waals surface area contributed by atoms with E-state index in [1.807, 2.05) is 0 Å². The second kappa shape index (κ2) is 8.30. The predicted octanol–water partition coefficient (Wildman–Crippen LogP) is 2.87. The van der Waals surface area contributed by atoms with Gasteiger partial charge in [-0.3, -0.25) is 9.59 Å². The summed E-state index contributed by atoms with van der Waals surface area (Å²) in [4.78, 5) is 23.9. The van der Waals surface area contributed by atoms with E-state index in [0.717, 1.165) is 0 Å². The van der Waals surface area contributed by atoms with Gasteiger partial charge in [-0.2, -0.15) is 0 Å². The molecule has 2 aromatic rings. The number of amides is 2. The Kier molecular flexibility index (Phi) is 5.99. The zero-order chi connectivity index (χ0) is 21.2. The molecule has 1 aliphatic rings. The number of anilines is 2. The van der Waals surface area contributed by atoms with Crippen molar-refractivity contribution in [2.45, 2.75) is 23.5 Å². The summed E-state index contributed by atoms with van der Waals surface area (Å²) in [7, 11) is -2.38. The molecule has 2 amide bonds.